The van der Waals surface area contributed by atoms with Crippen LogP contribution in [-0.2, 0) is 4.79 Å². The summed E-state index contributed by atoms with van der Waals surface area (Å²) in [5.74, 6) is 0.737. The maximum absolute atomic E-state index is 12.0. The molecule has 0 aromatic heterocycles. The third kappa shape index (κ3) is 5.93. The van der Waals surface area contributed by atoms with Gasteiger partial charge in [-0.3, -0.25) is 9.69 Å². The Morgan fingerprint density at radius 1 is 1.17 bits per heavy atom. The molecule has 0 fully saturated rings. The summed E-state index contributed by atoms with van der Waals surface area (Å²) in [6.07, 6.45) is 0. The van der Waals surface area contributed by atoms with Gasteiger partial charge in [0, 0.05) is 17.3 Å². The summed E-state index contributed by atoms with van der Waals surface area (Å²) in [6, 6.07) is 15.0. The van der Waals surface area contributed by atoms with Crippen LogP contribution < -0.4 is 10.1 Å². The van der Waals surface area contributed by atoms with E-state index in [0.717, 1.165) is 17.0 Å². The van der Waals surface area contributed by atoms with E-state index < -0.39 is 0 Å². The molecule has 2 aromatic rings. The van der Waals surface area contributed by atoms with Gasteiger partial charge >= 0.3 is 0 Å². The number of rotatable bonds is 7. The molecule has 0 heterocycles. The molecule has 1 amide bonds. The van der Waals surface area contributed by atoms with Crippen molar-refractivity contribution < 1.29 is 9.53 Å². The molecular formula is C18H21ClN2O2. The molecule has 2 rings (SSSR count). The number of hydrogen-bond acceptors (Lipinski definition) is 3. The molecule has 0 atom stereocenters. The van der Waals surface area contributed by atoms with Gasteiger partial charge in [-0.05, 0) is 49.9 Å². The molecule has 0 saturated heterocycles. The van der Waals surface area contributed by atoms with Gasteiger partial charge in [-0.25, -0.2) is 0 Å². The van der Waals surface area contributed by atoms with E-state index in [9.17, 15) is 4.79 Å². The fraction of sp³-hybridized carbons (Fsp3) is 0.278. The predicted molar refractivity (Wildman–Crippen MR) is 94.3 cm³/mol. The second-order valence-electron chi connectivity index (χ2n) is 5.40. The van der Waals surface area contributed by atoms with Gasteiger partial charge in [-0.2, -0.15) is 0 Å². The van der Waals surface area contributed by atoms with Crippen LogP contribution in [0.15, 0.2) is 48.5 Å². The molecular weight excluding hydrogens is 312 g/mol. The van der Waals surface area contributed by atoms with Gasteiger partial charge < -0.3 is 10.1 Å². The van der Waals surface area contributed by atoms with Crippen molar-refractivity contribution in [2.24, 2.45) is 0 Å². The van der Waals surface area contributed by atoms with Crippen LogP contribution in [-0.4, -0.2) is 37.6 Å². The molecule has 0 aliphatic carbocycles. The number of para-hydroxylation sites is 1. The van der Waals surface area contributed by atoms with Crippen LogP contribution in [0.5, 0.6) is 5.75 Å². The zero-order valence-electron chi connectivity index (χ0n) is 13.4. The average molecular weight is 333 g/mol. The number of anilines is 1. The Morgan fingerprint density at radius 3 is 2.57 bits per heavy atom. The second-order valence-corrected chi connectivity index (χ2v) is 5.84. The van der Waals surface area contributed by atoms with Crippen LogP contribution in [0.25, 0.3) is 0 Å². The number of aryl methyl sites for hydroxylation is 1. The Balaban J connectivity index is 1.71. The quantitative estimate of drug-likeness (QED) is 0.842. The summed E-state index contributed by atoms with van der Waals surface area (Å²) >= 11 is 5.82. The normalized spacial score (nSPS) is 10.6. The Kier molecular flexibility index (Phi) is 6.44. The van der Waals surface area contributed by atoms with E-state index in [0.29, 0.717) is 24.7 Å². The highest BCUT2D eigenvalue weighted by atomic mass is 35.5. The van der Waals surface area contributed by atoms with Gasteiger partial charge in [-0.1, -0.05) is 29.8 Å². The molecule has 0 saturated carbocycles. The lowest BCUT2D eigenvalue weighted by atomic mass is 10.2. The average Bonchev–Trinajstić information content (AvgIpc) is 2.51. The summed E-state index contributed by atoms with van der Waals surface area (Å²) < 4.78 is 5.62. The Hall–Kier alpha value is -2.04. The first-order valence-electron chi connectivity index (χ1n) is 7.47. The summed E-state index contributed by atoms with van der Waals surface area (Å²) in [5, 5.41) is 3.60. The number of hydrogen-bond donors (Lipinski definition) is 1. The monoisotopic (exact) mass is 332 g/mol. The lowest BCUT2D eigenvalue weighted by Gasteiger charge is -2.17. The number of halogens is 1. The first kappa shape index (κ1) is 17.3. The molecule has 23 heavy (non-hydrogen) atoms. The maximum Gasteiger partial charge on any atom is 0.238 e. The number of ether oxygens (including phenoxy) is 1. The number of carbonyl (C=O) groups is 1. The molecule has 0 radical (unpaired) electrons. The van der Waals surface area contributed by atoms with E-state index in [1.807, 2.05) is 55.3 Å². The predicted octanol–water partition coefficient (Wildman–Crippen LogP) is 3.60. The van der Waals surface area contributed by atoms with Crippen LogP contribution in [0.3, 0.4) is 0 Å². The van der Waals surface area contributed by atoms with E-state index >= 15 is 0 Å². The van der Waals surface area contributed by atoms with Crippen molar-refractivity contribution in [1.82, 2.24) is 4.90 Å². The largest absolute Gasteiger partial charge is 0.492 e. The van der Waals surface area contributed by atoms with E-state index in [1.54, 1.807) is 12.1 Å². The van der Waals surface area contributed by atoms with Crippen molar-refractivity contribution in [1.29, 1.82) is 0 Å². The maximum atomic E-state index is 12.0. The van der Waals surface area contributed by atoms with Crippen molar-refractivity contribution in [2.75, 3.05) is 32.1 Å². The number of nitrogens with zero attached hydrogens (tertiary/aromatic N) is 1. The zero-order chi connectivity index (χ0) is 16.7. The first-order chi connectivity index (χ1) is 11.0. The van der Waals surface area contributed by atoms with Crippen molar-refractivity contribution in [2.45, 2.75) is 6.92 Å². The van der Waals surface area contributed by atoms with Crippen LogP contribution in [0, 0.1) is 6.92 Å². The minimum atomic E-state index is -0.0340. The van der Waals surface area contributed by atoms with Gasteiger partial charge in [0.2, 0.25) is 5.91 Å². The minimum absolute atomic E-state index is 0.0340. The van der Waals surface area contributed by atoms with Gasteiger partial charge in [0.1, 0.15) is 12.4 Å². The fourth-order valence-electron chi connectivity index (χ4n) is 2.08. The van der Waals surface area contributed by atoms with Gasteiger partial charge in [0.15, 0.2) is 0 Å². The van der Waals surface area contributed by atoms with Crippen molar-refractivity contribution in [3.63, 3.8) is 0 Å². The highest BCUT2D eigenvalue weighted by Crippen LogP contribution is 2.15. The lowest BCUT2D eigenvalue weighted by molar-refractivity contribution is -0.117. The van der Waals surface area contributed by atoms with Gasteiger partial charge in [-0.15, -0.1) is 0 Å². The summed E-state index contributed by atoms with van der Waals surface area (Å²) in [4.78, 5) is 14.0. The molecule has 5 heteroatoms. The van der Waals surface area contributed by atoms with Gasteiger partial charge in [0.05, 0.1) is 6.54 Å². The highest BCUT2D eigenvalue weighted by Gasteiger charge is 2.08. The standard InChI is InChI=1S/C18H21ClN2O2/c1-14-5-3-4-6-17(14)20-18(22)13-21(2)11-12-23-16-9-7-15(19)8-10-16/h3-10H,11-13H2,1-2H3,(H,20,22). The lowest BCUT2D eigenvalue weighted by Crippen LogP contribution is -2.33. The third-order valence-corrected chi connectivity index (χ3v) is 3.64. The van der Waals surface area contributed by atoms with Crippen LogP contribution in [0.1, 0.15) is 5.56 Å². The topological polar surface area (TPSA) is 41.6 Å². The van der Waals surface area contributed by atoms with Crippen molar-refractivity contribution >= 4 is 23.2 Å². The van der Waals surface area contributed by atoms with Gasteiger partial charge in [0.25, 0.3) is 0 Å². The number of likely N-dealkylation sites (N-methyl/N-ethyl adjacent to an activating group) is 1. The van der Waals surface area contributed by atoms with E-state index in [-0.39, 0.29) is 5.91 Å². The molecule has 0 bridgehead atoms. The molecule has 122 valence electrons. The highest BCUT2D eigenvalue weighted by molar-refractivity contribution is 6.30. The van der Waals surface area contributed by atoms with Crippen LogP contribution >= 0.6 is 11.6 Å². The number of nitrogens with one attached hydrogen (secondary N) is 1. The van der Waals surface area contributed by atoms with Crippen molar-refractivity contribution in [3.05, 3.63) is 59.1 Å². The Morgan fingerprint density at radius 2 is 1.87 bits per heavy atom. The second kappa shape index (κ2) is 8.56. The molecule has 0 spiro atoms. The smallest absolute Gasteiger partial charge is 0.238 e. The number of amides is 1. The SMILES string of the molecule is Cc1ccccc1NC(=O)CN(C)CCOc1ccc(Cl)cc1. The van der Waals surface area contributed by atoms with Crippen LogP contribution in [0.4, 0.5) is 5.69 Å². The minimum Gasteiger partial charge on any atom is -0.492 e. The van der Waals surface area contributed by atoms with E-state index in [1.165, 1.54) is 0 Å². The van der Waals surface area contributed by atoms with E-state index in [2.05, 4.69) is 5.32 Å². The molecule has 0 unspecified atom stereocenters. The van der Waals surface area contributed by atoms with Crippen LogP contribution in [0.2, 0.25) is 5.02 Å². The number of benzene rings is 2. The molecule has 4 nitrogen and oxygen atoms in total. The fourth-order valence-corrected chi connectivity index (χ4v) is 2.20. The van der Waals surface area contributed by atoms with E-state index in [4.69, 9.17) is 16.3 Å². The summed E-state index contributed by atoms with van der Waals surface area (Å²) in [6.45, 7) is 3.46. The van der Waals surface area contributed by atoms with Crippen molar-refractivity contribution in [3.8, 4) is 5.75 Å². The summed E-state index contributed by atoms with van der Waals surface area (Å²) in [5.41, 5.74) is 1.90. The zero-order valence-corrected chi connectivity index (χ0v) is 14.1. The molecule has 1 N–H and O–H groups in total. The molecule has 2 aromatic carbocycles. The molecule has 0 aliphatic rings. The Bertz CT molecular complexity index is 644. The molecule has 0 aliphatic heterocycles. The first-order valence-corrected chi connectivity index (χ1v) is 7.85. The Labute approximate surface area is 142 Å². The number of carbonyl (C=O) groups excluding carboxylic acids is 1. The third-order valence-electron chi connectivity index (χ3n) is 3.39. The summed E-state index contributed by atoms with van der Waals surface area (Å²) in [7, 11) is 1.89.